The van der Waals surface area contributed by atoms with Crippen LogP contribution in [0.5, 0.6) is 17.2 Å². The predicted octanol–water partition coefficient (Wildman–Crippen LogP) is 3.67. The predicted molar refractivity (Wildman–Crippen MR) is 145 cm³/mol. The molecule has 1 aliphatic rings. The zero-order valence-corrected chi connectivity index (χ0v) is 22.7. The minimum atomic E-state index is -0.163. The highest BCUT2D eigenvalue weighted by Gasteiger charge is 2.25. The molecule has 0 saturated carbocycles. The number of hydrogen-bond acceptors (Lipinski definition) is 7. The molecule has 8 heteroatoms. The van der Waals surface area contributed by atoms with Gasteiger partial charge >= 0.3 is 0 Å². The molecule has 0 unspecified atom stereocenters. The molecule has 2 aromatic rings. The molecule has 0 radical (unpaired) electrons. The molecule has 2 aromatic carbocycles. The fourth-order valence-corrected chi connectivity index (χ4v) is 4.40. The molecule has 0 bridgehead atoms. The maximum absolute atomic E-state index is 13.3. The molecule has 1 fully saturated rings. The van der Waals surface area contributed by atoms with Gasteiger partial charge in [0.2, 0.25) is 5.75 Å². The fraction of sp³-hybridized carbons (Fsp3) is 0.536. The summed E-state index contributed by atoms with van der Waals surface area (Å²) < 4.78 is 17.4. The van der Waals surface area contributed by atoms with Gasteiger partial charge in [0.25, 0.3) is 5.91 Å². The molecule has 1 aliphatic heterocycles. The maximum atomic E-state index is 13.3. The number of carbonyl (C=O) groups excluding carboxylic acids is 1. The quantitative estimate of drug-likeness (QED) is 0.479. The minimum Gasteiger partial charge on any atom is -0.490 e. The van der Waals surface area contributed by atoms with Crippen molar-refractivity contribution in [2.75, 3.05) is 78.6 Å². The van der Waals surface area contributed by atoms with Crippen molar-refractivity contribution >= 4 is 11.6 Å². The summed E-state index contributed by atoms with van der Waals surface area (Å²) in [6.07, 6.45) is 0. The molecule has 3 rings (SSSR count). The van der Waals surface area contributed by atoms with E-state index in [2.05, 4.69) is 51.3 Å². The van der Waals surface area contributed by atoms with Gasteiger partial charge in [-0.2, -0.15) is 0 Å². The van der Waals surface area contributed by atoms with Crippen LogP contribution in [-0.4, -0.2) is 89.4 Å². The second-order valence-electron chi connectivity index (χ2n) is 9.15. The normalized spacial score (nSPS) is 15.3. The van der Waals surface area contributed by atoms with E-state index in [4.69, 9.17) is 14.2 Å². The Balaban J connectivity index is 1.83. The highest BCUT2D eigenvalue weighted by molar-refractivity contribution is 5.95. The Morgan fingerprint density at radius 3 is 1.97 bits per heavy atom. The Morgan fingerprint density at radius 1 is 0.917 bits per heavy atom. The minimum absolute atomic E-state index is 0.0827. The first-order chi connectivity index (χ1) is 17.4. The molecule has 1 heterocycles. The Hall–Kier alpha value is -2.97. The Labute approximate surface area is 216 Å². The third-order valence-corrected chi connectivity index (χ3v) is 6.40. The van der Waals surface area contributed by atoms with E-state index in [1.807, 2.05) is 34.9 Å². The van der Waals surface area contributed by atoms with E-state index in [1.54, 1.807) is 12.1 Å². The lowest BCUT2D eigenvalue weighted by Gasteiger charge is -2.38. The molecule has 0 aliphatic carbocycles. The van der Waals surface area contributed by atoms with Crippen LogP contribution in [0.4, 0.5) is 5.69 Å². The highest BCUT2D eigenvalue weighted by atomic mass is 16.5. The first-order valence-electron chi connectivity index (χ1n) is 12.9. The van der Waals surface area contributed by atoms with E-state index in [0.29, 0.717) is 49.2 Å². The van der Waals surface area contributed by atoms with Crippen LogP contribution in [0.15, 0.2) is 36.4 Å². The van der Waals surface area contributed by atoms with Gasteiger partial charge in [-0.25, -0.2) is 0 Å². The van der Waals surface area contributed by atoms with Gasteiger partial charge in [0.1, 0.15) is 0 Å². The molecular formula is C28H42N4O4. The number of likely N-dealkylation sites (N-methyl/N-ethyl adjacent to an activating group) is 1. The van der Waals surface area contributed by atoms with Gasteiger partial charge in [-0.05, 0) is 57.6 Å². The summed E-state index contributed by atoms with van der Waals surface area (Å²) in [6.45, 7) is 11.6. The zero-order valence-electron chi connectivity index (χ0n) is 22.7. The monoisotopic (exact) mass is 498 g/mol. The third kappa shape index (κ3) is 7.04. The highest BCUT2D eigenvalue weighted by Crippen LogP contribution is 2.39. The molecule has 1 atom stereocenters. The van der Waals surface area contributed by atoms with Crippen LogP contribution in [0, 0.1) is 0 Å². The first-order valence-corrected chi connectivity index (χ1v) is 12.9. The van der Waals surface area contributed by atoms with Crippen LogP contribution in [-0.2, 0) is 0 Å². The largest absolute Gasteiger partial charge is 0.490 e. The average molecular weight is 499 g/mol. The number of carbonyl (C=O) groups is 1. The van der Waals surface area contributed by atoms with E-state index in [9.17, 15) is 4.79 Å². The summed E-state index contributed by atoms with van der Waals surface area (Å²) in [5.41, 5.74) is 2.84. The van der Waals surface area contributed by atoms with Crippen molar-refractivity contribution < 1.29 is 19.0 Å². The van der Waals surface area contributed by atoms with Gasteiger partial charge < -0.3 is 29.3 Å². The smallest absolute Gasteiger partial charge is 0.251 e. The number of ether oxygens (including phenoxy) is 3. The van der Waals surface area contributed by atoms with Crippen LogP contribution in [0.25, 0.3) is 0 Å². The number of nitrogens with one attached hydrogen (secondary N) is 1. The summed E-state index contributed by atoms with van der Waals surface area (Å²) in [6, 6.07) is 12.2. The van der Waals surface area contributed by atoms with E-state index >= 15 is 0 Å². The van der Waals surface area contributed by atoms with Gasteiger partial charge in [-0.3, -0.25) is 9.69 Å². The summed E-state index contributed by atoms with van der Waals surface area (Å²) in [7, 11) is 6.23. The van der Waals surface area contributed by atoms with Crippen LogP contribution in [0.1, 0.15) is 42.7 Å². The van der Waals surface area contributed by atoms with Gasteiger partial charge in [0.15, 0.2) is 11.5 Å². The van der Waals surface area contributed by atoms with Gasteiger partial charge in [0.05, 0.1) is 25.9 Å². The van der Waals surface area contributed by atoms with E-state index in [1.165, 1.54) is 5.56 Å². The zero-order chi connectivity index (χ0) is 26.1. The summed E-state index contributed by atoms with van der Waals surface area (Å²) in [4.78, 5) is 20.2. The van der Waals surface area contributed by atoms with Gasteiger partial charge in [0, 0.05) is 58.1 Å². The SMILES string of the molecule is CCOc1cc(C(=O)NC[C@@H](c2ccc(N(C)C)cc2)N2CCN(C)CC2)cc(OCC)c1OCC. The standard InChI is InChI=1S/C28H42N4O4/c1-7-34-25-18-22(19-26(35-8-2)27(25)36-9-3)28(33)29-20-24(32-16-14-31(6)15-17-32)21-10-12-23(13-11-21)30(4)5/h10-13,18-19,24H,7-9,14-17,20H2,1-6H3,(H,29,33)/t24-/m0/s1. The number of amides is 1. The van der Waals surface area contributed by atoms with Crippen molar-refractivity contribution in [3.63, 3.8) is 0 Å². The molecule has 1 saturated heterocycles. The molecule has 0 spiro atoms. The van der Waals surface area contributed by atoms with Crippen molar-refractivity contribution in [3.05, 3.63) is 47.5 Å². The fourth-order valence-electron chi connectivity index (χ4n) is 4.40. The summed E-state index contributed by atoms with van der Waals surface area (Å²) in [5.74, 6) is 1.41. The lowest BCUT2D eigenvalue weighted by Crippen LogP contribution is -2.48. The van der Waals surface area contributed by atoms with Gasteiger partial charge in [-0.1, -0.05) is 12.1 Å². The second-order valence-corrected chi connectivity index (χ2v) is 9.15. The molecule has 1 amide bonds. The second kappa shape index (κ2) is 13.4. The number of benzene rings is 2. The summed E-state index contributed by atoms with van der Waals surface area (Å²) >= 11 is 0. The van der Waals surface area contributed by atoms with Crippen LogP contribution < -0.4 is 24.4 Å². The van der Waals surface area contributed by atoms with Crippen molar-refractivity contribution in [1.29, 1.82) is 0 Å². The molecule has 1 N–H and O–H groups in total. The number of nitrogens with zero attached hydrogens (tertiary/aromatic N) is 3. The van der Waals surface area contributed by atoms with E-state index in [0.717, 1.165) is 31.9 Å². The van der Waals surface area contributed by atoms with E-state index in [-0.39, 0.29) is 11.9 Å². The lowest BCUT2D eigenvalue weighted by atomic mass is 10.0. The van der Waals surface area contributed by atoms with Gasteiger partial charge in [-0.15, -0.1) is 0 Å². The van der Waals surface area contributed by atoms with Crippen molar-refractivity contribution in [2.24, 2.45) is 0 Å². The van der Waals surface area contributed by atoms with Crippen LogP contribution in [0.2, 0.25) is 0 Å². The Bertz CT molecular complexity index is 945. The number of anilines is 1. The van der Waals surface area contributed by atoms with E-state index < -0.39 is 0 Å². The van der Waals surface area contributed by atoms with Crippen LogP contribution in [0.3, 0.4) is 0 Å². The van der Waals surface area contributed by atoms with Crippen molar-refractivity contribution in [2.45, 2.75) is 26.8 Å². The Morgan fingerprint density at radius 2 is 1.47 bits per heavy atom. The molecule has 198 valence electrons. The molecule has 0 aromatic heterocycles. The third-order valence-electron chi connectivity index (χ3n) is 6.40. The topological polar surface area (TPSA) is 66.5 Å². The molecule has 36 heavy (non-hydrogen) atoms. The molecule has 8 nitrogen and oxygen atoms in total. The Kier molecular flexibility index (Phi) is 10.3. The van der Waals surface area contributed by atoms with Crippen molar-refractivity contribution in [1.82, 2.24) is 15.1 Å². The lowest BCUT2D eigenvalue weighted by molar-refractivity contribution is 0.0885. The number of piperazine rings is 1. The first kappa shape index (κ1) is 27.6. The number of rotatable bonds is 12. The molecular weight excluding hydrogens is 456 g/mol. The number of hydrogen-bond donors (Lipinski definition) is 1. The van der Waals surface area contributed by atoms with Crippen LogP contribution >= 0.6 is 0 Å². The maximum Gasteiger partial charge on any atom is 0.251 e. The average Bonchev–Trinajstić information content (AvgIpc) is 2.87. The summed E-state index contributed by atoms with van der Waals surface area (Å²) in [5, 5.41) is 3.18. The van der Waals surface area contributed by atoms with Crippen molar-refractivity contribution in [3.8, 4) is 17.2 Å².